The quantitative estimate of drug-likeness (QED) is 0.0993. The van der Waals surface area contributed by atoms with Gasteiger partial charge >= 0.3 is 76.3 Å². The second-order valence-electron chi connectivity index (χ2n) is 8.83. The molecule has 0 saturated heterocycles. The molecule has 2 radical (unpaired) electrons. The molecule has 2 aromatic heterocycles. The molecular formula is C30H46Dy2N8O28+2. The van der Waals surface area contributed by atoms with Crippen molar-refractivity contribution in [3.8, 4) is 45.6 Å². The monoisotopic (exact) mass is 1290 g/mol. The first-order valence-corrected chi connectivity index (χ1v) is 15.2. The van der Waals surface area contributed by atoms with Crippen molar-refractivity contribution in [2.24, 2.45) is 14.1 Å². The van der Waals surface area contributed by atoms with Crippen LogP contribution in [-0.2, 0) is 25.0 Å². The Hall–Kier alpha value is -6.87. The number of para-hydroxylation sites is 2. The fourth-order valence-corrected chi connectivity index (χ4v) is 3.02. The van der Waals surface area contributed by atoms with Crippen molar-refractivity contribution >= 4 is 0 Å². The first-order chi connectivity index (χ1) is 29.7. The summed E-state index contributed by atoms with van der Waals surface area (Å²) >= 11 is 0. The summed E-state index contributed by atoms with van der Waals surface area (Å²) in [5, 5.41) is 125. The summed E-state index contributed by atoms with van der Waals surface area (Å²) in [6, 6.07) is 18.3. The van der Waals surface area contributed by atoms with Crippen molar-refractivity contribution in [2.75, 3.05) is 42.7 Å². The normalized spacial score (nSPS) is 7.38. The predicted molar refractivity (Wildman–Crippen MR) is 220 cm³/mol. The number of ether oxygens (including phenoxy) is 4. The van der Waals surface area contributed by atoms with E-state index in [0.29, 0.717) is 23.0 Å². The Labute approximate surface area is 442 Å². The molecule has 0 bridgehead atoms. The number of pyridine rings is 2. The van der Waals surface area contributed by atoms with Gasteiger partial charge in [-0.15, -0.1) is 0 Å². The molecule has 0 saturated carbocycles. The van der Waals surface area contributed by atoms with E-state index in [4.69, 9.17) is 121 Å². The van der Waals surface area contributed by atoms with Crippen LogP contribution in [0.25, 0.3) is 11.1 Å². The van der Waals surface area contributed by atoms with Gasteiger partial charge in [0.1, 0.15) is 37.1 Å². The molecule has 0 aliphatic carbocycles. The molecule has 8 N–H and O–H groups in total. The van der Waals surface area contributed by atoms with Crippen molar-refractivity contribution in [3.63, 3.8) is 0 Å². The third-order valence-electron chi connectivity index (χ3n) is 5.06. The maximum absolute atomic E-state index is 11.2. The third-order valence-corrected chi connectivity index (χ3v) is 5.06. The second kappa shape index (κ2) is 60.1. The summed E-state index contributed by atoms with van der Waals surface area (Å²) in [4.78, 5) is 49.5. The zero-order valence-corrected chi connectivity index (χ0v) is 40.2. The van der Waals surface area contributed by atoms with Crippen LogP contribution in [0, 0.1) is 168 Å². The number of aliphatic hydroxyl groups is 2. The molecule has 0 amide bonds. The molecule has 2 aromatic carbocycles. The topological polar surface area (TPSA) is 594 Å². The van der Waals surface area contributed by atoms with Gasteiger partial charge in [-0.05, 0) is 46.9 Å². The Balaban J connectivity index is -0.0000000618. The van der Waals surface area contributed by atoms with Gasteiger partial charge in [0.2, 0.25) is 0 Å². The number of aromatic nitrogens is 2. The van der Waals surface area contributed by atoms with Crippen LogP contribution >= 0.6 is 0 Å². The second-order valence-corrected chi connectivity index (χ2v) is 8.83. The smallest absolute Gasteiger partial charge is 0.867 e. The minimum atomic E-state index is -1.75. The summed E-state index contributed by atoms with van der Waals surface area (Å²) in [6.07, 6.45) is 8.23. The Morgan fingerprint density at radius 2 is 0.515 bits per heavy atom. The van der Waals surface area contributed by atoms with E-state index in [1.165, 1.54) is 39.6 Å². The molecule has 4 rings (SSSR count). The van der Waals surface area contributed by atoms with Crippen LogP contribution in [0.5, 0.6) is 34.5 Å². The van der Waals surface area contributed by atoms with E-state index in [-0.39, 0.29) is 98.8 Å². The first kappa shape index (κ1) is 87.9. The van der Waals surface area contributed by atoms with E-state index in [0.717, 1.165) is 14.2 Å². The number of hydrogen-bond acceptors (Lipinski definition) is 26. The van der Waals surface area contributed by atoms with Crippen molar-refractivity contribution in [2.45, 2.75) is 0 Å². The van der Waals surface area contributed by atoms with E-state index in [2.05, 4.69) is 49.1 Å². The van der Waals surface area contributed by atoms with Gasteiger partial charge in [-0.2, -0.15) is 0 Å². The largest absolute Gasteiger partial charge is 3.00 e. The number of rotatable bonds is 5. The van der Waals surface area contributed by atoms with Gasteiger partial charge in [-0.25, -0.2) is 9.13 Å². The molecule has 68 heavy (non-hydrogen) atoms. The maximum Gasteiger partial charge on any atom is 3.00 e. The molecular weight excluding hydrogens is 1250 g/mol. The van der Waals surface area contributed by atoms with Crippen molar-refractivity contribution in [1.29, 1.82) is 0 Å². The van der Waals surface area contributed by atoms with Crippen LogP contribution in [0.2, 0.25) is 0 Å². The summed E-state index contributed by atoms with van der Waals surface area (Å²) in [5.41, 5.74) is 2.51. The van der Waals surface area contributed by atoms with Gasteiger partial charge in [0.05, 0.1) is 59.0 Å². The molecule has 0 atom stereocenters. The maximum atomic E-state index is 11.2. The summed E-state index contributed by atoms with van der Waals surface area (Å²) in [5.74, 6) is 0.817. The average molecular weight is 1290 g/mol. The van der Waals surface area contributed by atoms with Gasteiger partial charge in [0.25, 0.3) is 0 Å². The fourth-order valence-electron chi connectivity index (χ4n) is 3.02. The van der Waals surface area contributed by atoms with Gasteiger partial charge in [0.15, 0.2) is 24.8 Å². The van der Waals surface area contributed by atoms with E-state index in [9.17, 15) is 10.2 Å². The van der Waals surface area contributed by atoms with Crippen molar-refractivity contribution in [1.82, 2.24) is 0 Å². The standard InChI is InChI=1S/C12H14N2.2C8H10O3.2CH4O.2Dy.6NO3.2H2O/c1-13-7-3-11(4-8-13)12-5-9-14(2)10-6-12;2*1-10-6-4-3-5-7(11-2)8(6)9;2*1-2;;;6*2-1(3)4;;/h3-10H,1-2H3;2*3-5,9H,1-2H3;2*2H,1H3;;;;;;;;;2*1H2/q+2;;;;;2*+3;6*-1;;. The van der Waals surface area contributed by atoms with E-state index in [1.807, 2.05) is 23.2 Å². The van der Waals surface area contributed by atoms with Crippen LogP contribution in [0.15, 0.2) is 85.5 Å². The first-order valence-electron chi connectivity index (χ1n) is 15.2. The van der Waals surface area contributed by atoms with Crippen LogP contribution < -0.4 is 38.3 Å². The Morgan fingerprint density at radius 1 is 0.382 bits per heavy atom. The Kier molecular flexibility index (Phi) is 77.8. The van der Waals surface area contributed by atoms with Crippen LogP contribution in [-0.4, -0.2) is 83.4 Å². The minimum Gasteiger partial charge on any atom is -0.867 e. The molecule has 2 heterocycles. The average Bonchev–Trinajstić information content (AvgIpc) is 3.19. The number of hydrogen-bond donors (Lipinski definition) is 2. The Morgan fingerprint density at radius 3 is 0.632 bits per heavy atom. The molecule has 0 aliphatic rings. The molecule has 38 heteroatoms. The van der Waals surface area contributed by atoms with Gasteiger partial charge in [-0.1, -0.05) is 12.1 Å². The van der Waals surface area contributed by atoms with Crippen molar-refractivity contribution in [3.05, 3.63) is 177 Å². The summed E-state index contributed by atoms with van der Waals surface area (Å²) in [6.45, 7) is 0. The van der Waals surface area contributed by atoms with Crippen LogP contribution in [0.3, 0.4) is 0 Å². The number of aryl methyl sites for hydroxylation is 2. The molecule has 4 aromatic rings. The van der Waals surface area contributed by atoms with Crippen molar-refractivity contribution < 1.29 is 166 Å². The zero-order chi connectivity index (χ0) is 52.0. The predicted octanol–water partition coefficient (Wildman–Crippen LogP) is -1.50. The number of benzene rings is 2. The number of aliphatic hydroxyl groups excluding tert-OH is 2. The van der Waals surface area contributed by atoms with Gasteiger partial charge < -0.3 is 142 Å². The van der Waals surface area contributed by atoms with E-state index < -0.39 is 30.5 Å². The van der Waals surface area contributed by atoms with E-state index >= 15 is 0 Å². The van der Waals surface area contributed by atoms with Crippen LogP contribution in [0.1, 0.15) is 0 Å². The summed E-state index contributed by atoms with van der Waals surface area (Å²) in [7, 11) is 11.9. The molecule has 0 unspecified atom stereocenters. The minimum absolute atomic E-state index is 0. The third kappa shape index (κ3) is 70.8. The Bertz CT molecular complexity index is 1600. The van der Waals surface area contributed by atoms with Crippen LogP contribution in [0.4, 0.5) is 0 Å². The number of nitrogens with zero attached hydrogens (tertiary/aromatic N) is 8. The molecule has 392 valence electrons. The fraction of sp³-hybridized carbons (Fsp3) is 0.267. The molecule has 0 fully saturated rings. The molecule has 0 aliphatic heterocycles. The van der Waals surface area contributed by atoms with Gasteiger partial charge in [-0.3, -0.25) is 0 Å². The summed E-state index contributed by atoms with van der Waals surface area (Å²) < 4.78 is 23.2. The molecule has 0 spiro atoms. The number of methoxy groups -OCH3 is 4. The zero-order valence-electron chi connectivity index (χ0n) is 36.1. The SMILES string of the molecule is CO.CO.COc1cccc(OC)c1[O-].COc1cccc(OC)c1[O-].C[n+]1ccc(-c2cc[n+](C)cc2)cc1.O=[N+]([O-])[O-].O=[N+]([O-])[O-].O=[N+]([O-])[O-].O=[N+]([O-])[O-].O=[N+]([O-])[O-].O=[N+]([O-])[O-].[Dy+3].[Dy+3].[OH3+].[OH3+]. The van der Waals surface area contributed by atoms with Gasteiger partial charge in [0, 0.05) is 38.5 Å². The van der Waals surface area contributed by atoms with E-state index in [1.54, 1.807) is 36.4 Å². The molecule has 36 nitrogen and oxygen atoms in total.